The lowest BCUT2D eigenvalue weighted by Gasteiger charge is -2.32. The Balaban J connectivity index is 1.95. The Bertz CT molecular complexity index is 1180. The summed E-state index contributed by atoms with van der Waals surface area (Å²) in [6, 6.07) is 22.2. The quantitative estimate of drug-likeness (QED) is 0.115. The molecule has 0 spiro atoms. The molecule has 0 aliphatic heterocycles. The average Bonchev–Trinajstić information content (AvgIpc) is 2.91. The minimum atomic E-state index is -1.84. The van der Waals surface area contributed by atoms with Gasteiger partial charge < -0.3 is 14.2 Å². The summed E-state index contributed by atoms with van der Waals surface area (Å²) < 4.78 is 15.9. The van der Waals surface area contributed by atoms with Crippen LogP contribution in [0.2, 0.25) is 0 Å². The zero-order valence-electron chi connectivity index (χ0n) is 20.2. The standard InChI is InChI=1S/C27H27NO7S/c1-27(24(17-28(31)32)20-7-5-4-6-8-20,26(30)36-23-15-13-22(34-3)14-16-23)25(29)35-18-19-9-11-21(33-2)12-10-19/h4-16,24H,17-18H2,1-3H3. The highest BCUT2D eigenvalue weighted by molar-refractivity contribution is 8.13. The molecule has 36 heavy (non-hydrogen) atoms. The Morgan fingerprint density at radius 3 is 2.00 bits per heavy atom. The van der Waals surface area contributed by atoms with E-state index in [9.17, 15) is 19.7 Å². The van der Waals surface area contributed by atoms with Crippen LogP contribution in [0.5, 0.6) is 11.5 Å². The van der Waals surface area contributed by atoms with E-state index in [1.165, 1.54) is 14.0 Å². The van der Waals surface area contributed by atoms with Gasteiger partial charge in [-0.1, -0.05) is 54.2 Å². The molecule has 3 aromatic rings. The number of nitro groups is 1. The third-order valence-electron chi connectivity index (χ3n) is 5.88. The van der Waals surface area contributed by atoms with Crippen LogP contribution in [0.4, 0.5) is 0 Å². The lowest BCUT2D eigenvalue weighted by Crippen LogP contribution is -2.44. The van der Waals surface area contributed by atoms with Gasteiger partial charge in [-0.15, -0.1) is 0 Å². The van der Waals surface area contributed by atoms with Crippen molar-refractivity contribution in [2.75, 3.05) is 20.8 Å². The van der Waals surface area contributed by atoms with Crippen molar-refractivity contribution >= 4 is 22.8 Å². The number of hydrogen-bond donors (Lipinski definition) is 0. The minimum Gasteiger partial charge on any atom is -0.497 e. The molecule has 9 heteroatoms. The first kappa shape index (κ1) is 26.7. The molecule has 3 rings (SSSR count). The molecule has 8 nitrogen and oxygen atoms in total. The van der Waals surface area contributed by atoms with E-state index in [4.69, 9.17) is 14.2 Å². The van der Waals surface area contributed by atoms with Crippen LogP contribution >= 0.6 is 11.8 Å². The number of methoxy groups -OCH3 is 2. The fraction of sp³-hybridized carbons (Fsp3) is 0.259. The summed E-state index contributed by atoms with van der Waals surface area (Å²) in [7, 11) is 3.08. The van der Waals surface area contributed by atoms with Crippen LogP contribution in [0, 0.1) is 15.5 Å². The molecular weight excluding hydrogens is 482 g/mol. The topological polar surface area (TPSA) is 105 Å². The average molecular weight is 510 g/mol. The number of carbonyl (C=O) groups is 2. The third kappa shape index (κ3) is 6.42. The second-order valence-corrected chi connectivity index (χ2v) is 9.22. The van der Waals surface area contributed by atoms with Crippen molar-refractivity contribution in [2.24, 2.45) is 5.41 Å². The largest absolute Gasteiger partial charge is 0.497 e. The van der Waals surface area contributed by atoms with Crippen LogP contribution in [0.3, 0.4) is 0 Å². The van der Waals surface area contributed by atoms with Crippen LogP contribution in [0.15, 0.2) is 83.8 Å². The maximum Gasteiger partial charge on any atom is 0.321 e. The lowest BCUT2D eigenvalue weighted by molar-refractivity contribution is -0.485. The van der Waals surface area contributed by atoms with Crippen molar-refractivity contribution in [2.45, 2.75) is 24.3 Å². The zero-order chi connectivity index (χ0) is 26.1. The van der Waals surface area contributed by atoms with E-state index in [0.29, 0.717) is 27.5 Å². The van der Waals surface area contributed by atoms with Gasteiger partial charge in [0.05, 0.1) is 20.1 Å². The van der Waals surface area contributed by atoms with Crippen molar-refractivity contribution in [3.05, 3.63) is 100 Å². The maximum atomic E-state index is 13.7. The second-order valence-electron chi connectivity index (χ2n) is 8.17. The van der Waals surface area contributed by atoms with Gasteiger partial charge in [0.1, 0.15) is 23.5 Å². The van der Waals surface area contributed by atoms with Gasteiger partial charge in [0, 0.05) is 9.82 Å². The Morgan fingerprint density at radius 2 is 1.47 bits per heavy atom. The van der Waals surface area contributed by atoms with E-state index in [0.717, 1.165) is 11.8 Å². The number of ether oxygens (including phenoxy) is 3. The number of carbonyl (C=O) groups excluding carboxylic acids is 2. The van der Waals surface area contributed by atoms with Crippen LogP contribution in [0.25, 0.3) is 0 Å². The molecule has 0 aliphatic rings. The fourth-order valence-corrected chi connectivity index (χ4v) is 4.62. The number of esters is 1. The van der Waals surface area contributed by atoms with Gasteiger partial charge in [-0.25, -0.2) is 0 Å². The van der Waals surface area contributed by atoms with Gasteiger partial charge in [0.25, 0.3) is 0 Å². The van der Waals surface area contributed by atoms with Gasteiger partial charge in [0.15, 0.2) is 0 Å². The molecule has 3 aromatic carbocycles. The van der Waals surface area contributed by atoms with Crippen molar-refractivity contribution in [1.29, 1.82) is 0 Å². The number of nitrogens with zero attached hydrogens (tertiary/aromatic N) is 1. The summed E-state index contributed by atoms with van der Waals surface area (Å²) >= 11 is 0.840. The lowest BCUT2D eigenvalue weighted by atomic mass is 9.74. The van der Waals surface area contributed by atoms with E-state index in [1.54, 1.807) is 86.0 Å². The molecule has 2 atom stereocenters. The Kier molecular flexibility index (Phi) is 9.08. The van der Waals surface area contributed by atoms with Crippen LogP contribution in [-0.4, -0.2) is 36.8 Å². The summed E-state index contributed by atoms with van der Waals surface area (Å²) in [6.45, 7) is 0.704. The summed E-state index contributed by atoms with van der Waals surface area (Å²) in [5.41, 5.74) is -0.653. The van der Waals surface area contributed by atoms with Gasteiger partial charge in [0.2, 0.25) is 11.7 Å². The molecular formula is C27H27NO7S. The number of thioether (sulfide) groups is 1. The smallest absolute Gasteiger partial charge is 0.321 e. The molecule has 0 aliphatic carbocycles. The van der Waals surface area contributed by atoms with Gasteiger partial charge in [-0.05, 0) is 54.4 Å². The highest BCUT2D eigenvalue weighted by Crippen LogP contribution is 2.43. The predicted molar refractivity (Wildman–Crippen MR) is 136 cm³/mol. The zero-order valence-corrected chi connectivity index (χ0v) is 21.0. The van der Waals surface area contributed by atoms with Gasteiger partial charge in [-0.2, -0.15) is 0 Å². The molecule has 0 bridgehead atoms. The highest BCUT2D eigenvalue weighted by atomic mass is 32.2. The summed E-state index contributed by atoms with van der Waals surface area (Å²) in [5, 5.41) is 11.1. The van der Waals surface area contributed by atoms with Crippen LogP contribution in [-0.2, 0) is 20.9 Å². The number of hydrogen-bond acceptors (Lipinski definition) is 8. The first-order valence-corrected chi connectivity index (χ1v) is 11.9. The van der Waals surface area contributed by atoms with Crippen molar-refractivity contribution in [3.63, 3.8) is 0 Å². The van der Waals surface area contributed by atoms with Crippen molar-refractivity contribution in [1.82, 2.24) is 0 Å². The van der Waals surface area contributed by atoms with E-state index in [-0.39, 0.29) is 6.61 Å². The Morgan fingerprint density at radius 1 is 0.917 bits per heavy atom. The maximum absolute atomic E-state index is 13.7. The van der Waals surface area contributed by atoms with E-state index < -0.39 is 33.9 Å². The van der Waals surface area contributed by atoms with Gasteiger partial charge >= 0.3 is 5.97 Å². The van der Waals surface area contributed by atoms with Crippen LogP contribution < -0.4 is 9.47 Å². The third-order valence-corrected chi connectivity index (χ3v) is 6.99. The number of rotatable bonds is 11. The predicted octanol–water partition coefficient (Wildman–Crippen LogP) is 5.13. The highest BCUT2D eigenvalue weighted by Gasteiger charge is 2.52. The summed E-state index contributed by atoms with van der Waals surface area (Å²) in [5.74, 6) is -0.615. The second kappa shape index (κ2) is 12.2. The SMILES string of the molecule is COc1ccc(COC(=O)C(C)(C(=O)Sc2ccc(OC)cc2)C(C[N+](=O)[O-])c2ccccc2)cc1. The van der Waals surface area contributed by atoms with Crippen LogP contribution in [0.1, 0.15) is 24.0 Å². The summed E-state index contributed by atoms with van der Waals surface area (Å²) in [6.07, 6.45) is 0. The van der Waals surface area contributed by atoms with Crippen molar-refractivity contribution in [3.8, 4) is 11.5 Å². The molecule has 0 fully saturated rings. The molecule has 0 radical (unpaired) electrons. The monoisotopic (exact) mass is 509 g/mol. The molecule has 0 saturated heterocycles. The van der Waals surface area contributed by atoms with E-state index in [2.05, 4.69) is 0 Å². The van der Waals surface area contributed by atoms with E-state index >= 15 is 0 Å². The molecule has 188 valence electrons. The fourth-order valence-electron chi connectivity index (χ4n) is 3.70. The minimum absolute atomic E-state index is 0.0983. The summed E-state index contributed by atoms with van der Waals surface area (Å²) in [4.78, 5) is 39.0. The molecule has 0 amide bonds. The Hall–Kier alpha value is -3.85. The number of benzene rings is 3. The Labute approximate surface area is 213 Å². The van der Waals surface area contributed by atoms with Gasteiger partial charge in [-0.3, -0.25) is 19.7 Å². The normalized spacial score (nSPS) is 13.2. The molecule has 0 N–H and O–H groups in total. The molecule has 2 unspecified atom stereocenters. The first-order chi connectivity index (χ1) is 17.3. The first-order valence-electron chi connectivity index (χ1n) is 11.1. The van der Waals surface area contributed by atoms with Crippen molar-refractivity contribution < 1.29 is 28.7 Å². The van der Waals surface area contributed by atoms with E-state index in [1.807, 2.05) is 0 Å². The molecule has 0 aromatic heterocycles. The molecule has 0 saturated carbocycles. The molecule has 0 heterocycles.